The van der Waals surface area contributed by atoms with Crippen LogP contribution in [0.3, 0.4) is 0 Å². The lowest BCUT2D eigenvalue weighted by atomic mass is 10.1. The van der Waals surface area contributed by atoms with E-state index in [1.54, 1.807) is 0 Å². The van der Waals surface area contributed by atoms with E-state index >= 15 is 0 Å². The minimum Gasteiger partial charge on any atom is -0.319 e. The predicted octanol–water partition coefficient (Wildman–Crippen LogP) is 2.47. The van der Waals surface area contributed by atoms with E-state index in [4.69, 9.17) is 6.57 Å². The van der Waals surface area contributed by atoms with Crippen LogP contribution in [0.25, 0.3) is 4.85 Å². The number of carbonyl (C=O) groups excluding carboxylic acids is 1. The van der Waals surface area contributed by atoms with Crippen LogP contribution < -0.4 is 5.32 Å². The molecule has 0 saturated heterocycles. The average Bonchev–Trinajstić information content (AvgIpc) is 2.11. The normalized spacial score (nSPS) is 9.47. The predicted molar refractivity (Wildman–Crippen MR) is 60.8 cm³/mol. The fourth-order valence-electron chi connectivity index (χ4n) is 1.63. The van der Waals surface area contributed by atoms with Crippen molar-refractivity contribution in [2.75, 3.05) is 11.9 Å². The van der Waals surface area contributed by atoms with Crippen LogP contribution >= 0.6 is 0 Å². The number of benzene rings is 1. The molecule has 1 N–H and O–H groups in total. The van der Waals surface area contributed by atoms with E-state index in [2.05, 4.69) is 10.2 Å². The van der Waals surface area contributed by atoms with Crippen LogP contribution in [-0.2, 0) is 4.79 Å². The summed E-state index contributed by atoms with van der Waals surface area (Å²) in [4.78, 5) is 14.3. The summed E-state index contributed by atoms with van der Waals surface area (Å²) in [5.74, 6) is -0.250. The summed E-state index contributed by atoms with van der Waals surface area (Å²) in [7, 11) is 0. The zero-order valence-corrected chi connectivity index (χ0v) is 9.22. The molecule has 0 radical (unpaired) electrons. The second kappa shape index (κ2) is 4.61. The third-order valence-corrected chi connectivity index (χ3v) is 2.16. The van der Waals surface area contributed by atoms with Crippen LogP contribution in [0.5, 0.6) is 0 Å². The molecule has 1 aromatic rings. The van der Waals surface area contributed by atoms with Crippen molar-refractivity contribution in [3.8, 4) is 0 Å². The van der Waals surface area contributed by atoms with Gasteiger partial charge in [0, 0.05) is 5.69 Å². The Morgan fingerprint density at radius 1 is 1.33 bits per heavy atom. The van der Waals surface area contributed by atoms with Crippen molar-refractivity contribution < 1.29 is 4.79 Å². The molecule has 3 nitrogen and oxygen atoms in total. The first kappa shape index (κ1) is 11.3. The van der Waals surface area contributed by atoms with Gasteiger partial charge in [0.25, 0.3) is 6.54 Å². The van der Waals surface area contributed by atoms with Crippen LogP contribution in [0, 0.1) is 27.3 Å². The number of nitrogens with zero attached hydrogens (tertiary/aromatic N) is 1. The highest BCUT2D eigenvalue weighted by Crippen LogP contribution is 2.21. The molecule has 0 aliphatic heterocycles. The van der Waals surface area contributed by atoms with E-state index in [9.17, 15) is 4.79 Å². The highest BCUT2D eigenvalue weighted by Gasteiger charge is 2.09. The molecule has 15 heavy (non-hydrogen) atoms. The van der Waals surface area contributed by atoms with Crippen molar-refractivity contribution in [3.05, 3.63) is 40.2 Å². The second-order valence-corrected chi connectivity index (χ2v) is 3.64. The molecule has 1 rings (SSSR count). The van der Waals surface area contributed by atoms with Gasteiger partial charge >= 0.3 is 5.91 Å². The lowest BCUT2D eigenvalue weighted by Crippen LogP contribution is -2.15. The molecule has 0 spiro atoms. The zero-order chi connectivity index (χ0) is 11.4. The van der Waals surface area contributed by atoms with E-state index in [1.165, 1.54) is 5.56 Å². The second-order valence-electron chi connectivity index (χ2n) is 3.64. The summed E-state index contributed by atoms with van der Waals surface area (Å²) in [6.07, 6.45) is 0. The zero-order valence-electron chi connectivity index (χ0n) is 9.22. The molecule has 1 amide bonds. The van der Waals surface area contributed by atoms with Crippen LogP contribution in [0.2, 0.25) is 0 Å². The van der Waals surface area contributed by atoms with Crippen LogP contribution in [0.15, 0.2) is 12.1 Å². The standard InChI is InChI=1S/C12H14N2O/c1-8-5-9(2)12(10(3)6-8)14-11(15)7-13-4/h5-6H,7H2,1-3H3,(H,14,15). The fraction of sp³-hybridized carbons (Fsp3) is 0.333. The minimum atomic E-state index is -0.250. The molecule has 0 aliphatic carbocycles. The number of carbonyl (C=O) groups is 1. The molecule has 0 aromatic heterocycles. The summed E-state index contributed by atoms with van der Waals surface area (Å²) in [6.45, 7) is 12.4. The Morgan fingerprint density at radius 3 is 2.33 bits per heavy atom. The fourth-order valence-corrected chi connectivity index (χ4v) is 1.63. The van der Waals surface area contributed by atoms with Gasteiger partial charge in [-0.15, -0.1) is 0 Å². The van der Waals surface area contributed by atoms with Crippen molar-refractivity contribution in [1.82, 2.24) is 0 Å². The molecular weight excluding hydrogens is 188 g/mol. The maximum absolute atomic E-state index is 11.3. The Morgan fingerprint density at radius 2 is 1.87 bits per heavy atom. The number of rotatable bonds is 2. The van der Waals surface area contributed by atoms with Crippen LogP contribution in [0.4, 0.5) is 5.69 Å². The third kappa shape index (κ3) is 2.81. The van der Waals surface area contributed by atoms with Crippen LogP contribution in [-0.4, -0.2) is 12.5 Å². The summed E-state index contributed by atoms with van der Waals surface area (Å²) in [6, 6.07) is 4.03. The van der Waals surface area contributed by atoms with Gasteiger partial charge in [0.05, 0.1) is 0 Å². The first-order valence-electron chi connectivity index (χ1n) is 4.75. The van der Waals surface area contributed by atoms with Crippen molar-refractivity contribution >= 4 is 11.6 Å². The number of nitrogens with one attached hydrogen (secondary N) is 1. The number of amides is 1. The monoisotopic (exact) mass is 202 g/mol. The lowest BCUT2D eigenvalue weighted by Gasteiger charge is -2.10. The smallest absolute Gasteiger partial charge is 0.304 e. The van der Waals surface area contributed by atoms with Gasteiger partial charge in [0.15, 0.2) is 0 Å². The van der Waals surface area contributed by atoms with Gasteiger partial charge < -0.3 is 10.2 Å². The maximum atomic E-state index is 11.3. The molecule has 0 fully saturated rings. The van der Waals surface area contributed by atoms with E-state index in [0.29, 0.717) is 0 Å². The molecule has 3 heteroatoms. The first-order valence-corrected chi connectivity index (χ1v) is 4.75. The van der Waals surface area contributed by atoms with Gasteiger partial charge in [-0.3, -0.25) is 4.79 Å². The van der Waals surface area contributed by atoms with Crippen molar-refractivity contribution in [2.45, 2.75) is 20.8 Å². The van der Waals surface area contributed by atoms with Gasteiger partial charge in [-0.1, -0.05) is 17.7 Å². The Balaban J connectivity index is 2.96. The highest BCUT2D eigenvalue weighted by atomic mass is 16.1. The first-order chi connectivity index (χ1) is 7.04. The summed E-state index contributed by atoms with van der Waals surface area (Å²) < 4.78 is 0. The van der Waals surface area contributed by atoms with Crippen molar-refractivity contribution in [1.29, 1.82) is 0 Å². The Labute approximate surface area is 89.9 Å². The van der Waals surface area contributed by atoms with Gasteiger partial charge in [0.1, 0.15) is 0 Å². The van der Waals surface area contributed by atoms with Crippen molar-refractivity contribution in [3.63, 3.8) is 0 Å². The molecule has 0 heterocycles. The van der Waals surface area contributed by atoms with E-state index in [-0.39, 0.29) is 12.5 Å². The average molecular weight is 202 g/mol. The quantitative estimate of drug-likeness (QED) is 0.734. The molecule has 1 aromatic carbocycles. The minimum absolute atomic E-state index is 0.118. The number of hydrogen-bond acceptors (Lipinski definition) is 1. The summed E-state index contributed by atoms with van der Waals surface area (Å²) in [5.41, 5.74) is 4.07. The van der Waals surface area contributed by atoms with Crippen LogP contribution in [0.1, 0.15) is 16.7 Å². The van der Waals surface area contributed by atoms with E-state index < -0.39 is 0 Å². The van der Waals surface area contributed by atoms with Gasteiger partial charge in [-0.25, -0.2) is 6.57 Å². The summed E-state index contributed by atoms with van der Waals surface area (Å²) >= 11 is 0. The molecule has 0 unspecified atom stereocenters. The molecule has 0 bridgehead atoms. The van der Waals surface area contributed by atoms with Gasteiger partial charge in [-0.2, -0.15) is 0 Å². The number of aryl methyl sites for hydroxylation is 3. The molecule has 0 aliphatic rings. The molecular formula is C12H14N2O. The van der Waals surface area contributed by atoms with Gasteiger partial charge in [-0.05, 0) is 31.9 Å². The number of anilines is 1. The van der Waals surface area contributed by atoms with E-state index in [1.807, 2.05) is 32.9 Å². The Bertz CT molecular complexity index is 407. The highest BCUT2D eigenvalue weighted by molar-refractivity contribution is 5.94. The van der Waals surface area contributed by atoms with E-state index in [0.717, 1.165) is 16.8 Å². The molecule has 78 valence electrons. The van der Waals surface area contributed by atoms with Crippen molar-refractivity contribution in [2.24, 2.45) is 0 Å². The summed E-state index contributed by atoms with van der Waals surface area (Å²) in [5, 5.41) is 2.75. The SMILES string of the molecule is [C-]#[N+]CC(=O)Nc1c(C)cc(C)cc1C. The maximum Gasteiger partial charge on any atom is 0.304 e. The Kier molecular flexibility index (Phi) is 3.46. The van der Waals surface area contributed by atoms with Gasteiger partial charge in [0.2, 0.25) is 0 Å². The largest absolute Gasteiger partial charge is 0.319 e. The topological polar surface area (TPSA) is 33.5 Å². The third-order valence-electron chi connectivity index (χ3n) is 2.16. The molecule has 0 saturated carbocycles. The molecule has 0 atom stereocenters. The Hall–Kier alpha value is -1.82. The number of hydrogen-bond donors (Lipinski definition) is 1. The lowest BCUT2D eigenvalue weighted by molar-refractivity contribution is -0.114.